The second-order valence-corrected chi connectivity index (χ2v) is 7.09. The number of carbonyl (C=O) groups is 1. The predicted molar refractivity (Wildman–Crippen MR) is 110 cm³/mol. The van der Waals surface area contributed by atoms with Crippen molar-refractivity contribution in [3.8, 4) is 11.5 Å². The highest BCUT2D eigenvalue weighted by Gasteiger charge is 2.13. The Morgan fingerprint density at radius 1 is 1.04 bits per heavy atom. The summed E-state index contributed by atoms with van der Waals surface area (Å²) in [5, 5.41) is 7.13. The number of carbonyl (C=O) groups excluding carboxylic acids is 1. The van der Waals surface area contributed by atoms with E-state index >= 15 is 0 Å². The minimum absolute atomic E-state index is 0.244. The minimum Gasteiger partial charge on any atom is -0.457 e. The Bertz CT molecular complexity index is 983. The van der Waals surface area contributed by atoms with Gasteiger partial charge < -0.3 is 15.4 Å². The summed E-state index contributed by atoms with van der Waals surface area (Å²) in [6.45, 7) is 0. The van der Waals surface area contributed by atoms with Crippen LogP contribution in [0.1, 0.15) is 42.6 Å². The number of hydrogen-bond acceptors (Lipinski definition) is 5. The zero-order valence-electron chi connectivity index (χ0n) is 15.9. The van der Waals surface area contributed by atoms with E-state index in [4.69, 9.17) is 9.72 Å². The molecule has 1 fully saturated rings. The number of nitrogens with zero attached hydrogens (tertiary/aromatic N) is 2. The molecule has 0 aliphatic heterocycles. The molecule has 2 aromatic heterocycles. The molecule has 1 saturated carbocycles. The zero-order valence-corrected chi connectivity index (χ0v) is 15.9. The van der Waals surface area contributed by atoms with Gasteiger partial charge in [-0.15, -0.1) is 0 Å². The molecule has 1 amide bonds. The van der Waals surface area contributed by atoms with Gasteiger partial charge in [0.15, 0.2) is 0 Å². The maximum atomic E-state index is 11.7. The van der Waals surface area contributed by atoms with Gasteiger partial charge >= 0.3 is 0 Å². The summed E-state index contributed by atoms with van der Waals surface area (Å²) in [5.74, 6) is 1.94. The average molecular weight is 376 g/mol. The van der Waals surface area contributed by atoms with Crippen LogP contribution < -0.4 is 15.4 Å². The van der Waals surface area contributed by atoms with Crippen LogP contribution in [0.3, 0.4) is 0 Å². The molecule has 0 bridgehead atoms. The van der Waals surface area contributed by atoms with Crippen LogP contribution in [0.4, 0.5) is 5.82 Å². The fourth-order valence-electron chi connectivity index (χ4n) is 3.57. The molecule has 28 heavy (non-hydrogen) atoms. The highest BCUT2D eigenvalue weighted by molar-refractivity contribution is 5.92. The molecular formula is C22H24N4O2. The molecule has 0 unspecified atom stereocenters. The summed E-state index contributed by atoms with van der Waals surface area (Å²) in [5.41, 5.74) is 1.25. The third-order valence-corrected chi connectivity index (χ3v) is 5.04. The Morgan fingerprint density at radius 3 is 2.68 bits per heavy atom. The molecule has 6 nitrogen and oxygen atoms in total. The van der Waals surface area contributed by atoms with E-state index in [-0.39, 0.29) is 5.91 Å². The molecule has 2 N–H and O–H groups in total. The van der Waals surface area contributed by atoms with Crippen LogP contribution in [0.2, 0.25) is 0 Å². The van der Waals surface area contributed by atoms with E-state index in [1.807, 2.05) is 24.3 Å². The number of hydrogen-bond donors (Lipinski definition) is 2. The lowest BCUT2D eigenvalue weighted by Gasteiger charge is -2.23. The van der Waals surface area contributed by atoms with Crippen LogP contribution in [0.15, 0.2) is 48.7 Å². The first-order chi connectivity index (χ1) is 13.7. The molecular weight excluding hydrogens is 352 g/mol. The molecule has 0 spiro atoms. The SMILES string of the molecule is CNC(=O)c1cc(Oc2ccc3nc(NC4CCCCC4)ccc3c2)ccn1. The highest BCUT2D eigenvalue weighted by Crippen LogP contribution is 2.27. The first kappa shape index (κ1) is 18.2. The molecule has 1 aliphatic carbocycles. The molecule has 0 atom stereocenters. The minimum atomic E-state index is -0.244. The summed E-state index contributed by atoms with van der Waals surface area (Å²) in [7, 11) is 1.57. The maximum absolute atomic E-state index is 11.7. The highest BCUT2D eigenvalue weighted by atomic mass is 16.5. The normalized spacial score (nSPS) is 14.6. The Labute approximate surface area is 164 Å². The van der Waals surface area contributed by atoms with Crippen LogP contribution in [-0.4, -0.2) is 29.0 Å². The summed E-state index contributed by atoms with van der Waals surface area (Å²) in [4.78, 5) is 20.5. The number of benzene rings is 1. The van der Waals surface area contributed by atoms with Crippen molar-refractivity contribution in [2.24, 2.45) is 0 Å². The number of anilines is 1. The van der Waals surface area contributed by atoms with Gasteiger partial charge in [-0.05, 0) is 49.2 Å². The molecule has 4 rings (SSSR count). The van der Waals surface area contributed by atoms with E-state index in [1.165, 1.54) is 32.1 Å². The quantitative estimate of drug-likeness (QED) is 0.684. The fraction of sp³-hybridized carbons (Fsp3) is 0.318. The topological polar surface area (TPSA) is 76.1 Å². The van der Waals surface area contributed by atoms with Gasteiger partial charge in [0.25, 0.3) is 5.91 Å². The summed E-state index contributed by atoms with van der Waals surface area (Å²) in [6.07, 6.45) is 7.93. The van der Waals surface area contributed by atoms with Crippen molar-refractivity contribution in [3.63, 3.8) is 0 Å². The number of rotatable bonds is 5. The van der Waals surface area contributed by atoms with E-state index < -0.39 is 0 Å². The number of aromatic nitrogens is 2. The van der Waals surface area contributed by atoms with Crippen molar-refractivity contribution < 1.29 is 9.53 Å². The second kappa shape index (κ2) is 8.25. The lowest BCUT2D eigenvalue weighted by atomic mass is 9.95. The van der Waals surface area contributed by atoms with Crippen molar-refractivity contribution in [1.29, 1.82) is 0 Å². The summed E-state index contributed by atoms with van der Waals surface area (Å²) >= 11 is 0. The van der Waals surface area contributed by atoms with Gasteiger partial charge in [0.05, 0.1) is 5.52 Å². The molecule has 6 heteroatoms. The van der Waals surface area contributed by atoms with Gasteiger partial charge in [0.2, 0.25) is 0 Å². The monoisotopic (exact) mass is 376 g/mol. The molecule has 3 aromatic rings. The Hall–Kier alpha value is -3.15. The Kier molecular flexibility index (Phi) is 5.37. The number of nitrogens with one attached hydrogen (secondary N) is 2. The van der Waals surface area contributed by atoms with Gasteiger partial charge in [-0.3, -0.25) is 9.78 Å². The van der Waals surface area contributed by atoms with Crippen LogP contribution >= 0.6 is 0 Å². The third kappa shape index (κ3) is 4.22. The van der Waals surface area contributed by atoms with Gasteiger partial charge in [-0.2, -0.15) is 0 Å². The van der Waals surface area contributed by atoms with E-state index in [9.17, 15) is 4.79 Å². The van der Waals surface area contributed by atoms with E-state index in [1.54, 1.807) is 25.4 Å². The molecule has 1 aromatic carbocycles. The van der Waals surface area contributed by atoms with Crippen molar-refractivity contribution in [2.45, 2.75) is 38.1 Å². The second-order valence-electron chi connectivity index (χ2n) is 7.09. The van der Waals surface area contributed by atoms with Crippen molar-refractivity contribution in [1.82, 2.24) is 15.3 Å². The predicted octanol–water partition coefficient (Wildman–Crippen LogP) is 4.53. The van der Waals surface area contributed by atoms with E-state index in [2.05, 4.69) is 21.7 Å². The number of fused-ring (bicyclic) bond motifs is 1. The molecule has 1 aliphatic rings. The first-order valence-corrected chi connectivity index (χ1v) is 9.74. The van der Waals surface area contributed by atoms with E-state index in [0.717, 1.165) is 16.7 Å². The van der Waals surface area contributed by atoms with Crippen molar-refractivity contribution in [2.75, 3.05) is 12.4 Å². The van der Waals surface area contributed by atoms with Crippen molar-refractivity contribution in [3.05, 3.63) is 54.4 Å². The van der Waals surface area contributed by atoms with Crippen LogP contribution in [0.5, 0.6) is 11.5 Å². The summed E-state index contributed by atoms with van der Waals surface area (Å²) in [6, 6.07) is 13.8. The van der Waals surface area contributed by atoms with E-state index in [0.29, 0.717) is 23.2 Å². The Balaban J connectivity index is 1.50. The van der Waals surface area contributed by atoms with Crippen LogP contribution in [-0.2, 0) is 0 Å². The van der Waals surface area contributed by atoms with Gasteiger partial charge in [-0.1, -0.05) is 19.3 Å². The average Bonchev–Trinajstić information content (AvgIpc) is 2.74. The number of pyridine rings is 2. The fourth-order valence-corrected chi connectivity index (χ4v) is 3.57. The van der Waals surface area contributed by atoms with Crippen LogP contribution in [0, 0.1) is 0 Å². The largest absolute Gasteiger partial charge is 0.457 e. The molecule has 2 heterocycles. The summed E-state index contributed by atoms with van der Waals surface area (Å²) < 4.78 is 5.91. The zero-order chi connectivity index (χ0) is 19.3. The third-order valence-electron chi connectivity index (χ3n) is 5.04. The smallest absolute Gasteiger partial charge is 0.269 e. The lowest BCUT2D eigenvalue weighted by molar-refractivity contribution is 0.0958. The van der Waals surface area contributed by atoms with Gasteiger partial charge in [0.1, 0.15) is 23.0 Å². The number of ether oxygens (including phenoxy) is 1. The number of amides is 1. The standard InChI is InChI=1S/C22H24N4O2/c1-23-22(27)20-14-18(11-12-24-20)28-17-8-9-19-15(13-17)7-10-21(26-19)25-16-5-3-2-4-6-16/h7-14,16H,2-6H2,1H3,(H,23,27)(H,25,26). The molecule has 0 saturated heterocycles. The lowest BCUT2D eigenvalue weighted by Crippen LogP contribution is -2.22. The Morgan fingerprint density at radius 2 is 1.86 bits per heavy atom. The first-order valence-electron chi connectivity index (χ1n) is 9.74. The van der Waals surface area contributed by atoms with Gasteiger partial charge in [-0.25, -0.2) is 4.98 Å². The molecule has 144 valence electrons. The maximum Gasteiger partial charge on any atom is 0.269 e. The van der Waals surface area contributed by atoms with Gasteiger partial charge in [0, 0.05) is 30.7 Å². The van der Waals surface area contributed by atoms with Crippen LogP contribution in [0.25, 0.3) is 10.9 Å². The van der Waals surface area contributed by atoms with Crippen molar-refractivity contribution >= 4 is 22.6 Å². The molecule has 0 radical (unpaired) electrons.